The Morgan fingerprint density at radius 1 is 1.00 bits per heavy atom. The molecule has 0 radical (unpaired) electrons. The molecular weight excluding hydrogens is 270 g/mol. The average molecular weight is 291 g/mol. The molecule has 0 aliphatic carbocycles. The third kappa shape index (κ3) is 5.64. The van der Waals surface area contributed by atoms with Gasteiger partial charge in [-0.15, -0.1) is 0 Å². The van der Waals surface area contributed by atoms with E-state index in [0.29, 0.717) is 5.92 Å². The average Bonchev–Trinajstić information content (AvgIpc) is 2.37. The Morgan fingerprint density at radius 2 is 1.48 bits per heavy atom. The fraction of sp³-hybridized carbons (Fsp3) is 0.400. The van der Waals surface area contributed by atoms with Crippen molar-refractivity contribution in [2.75, 3.05) is 0 Å². The first-order chi connectivity index (χ1) is 9.79. The van der Waals surface area contributed by atoms with Crippen LogP contribution in [0.25, 0.3) is 0 Å². The smallest absolute Gasteiger partial charge is 0.249 e. The van der Waals surface area contributed by atoms with Gasteiger partial charge >= 0.3 is 0 Å². The van der Waals surface area contributed by atoms with E-state index in [4.69, 9.17) is 11.5 Å². The van der Waals surface area contributed by atoms with Crippen molar-refractivity contribution in [2.24, 2.45) is 17.4 Å². The Balaban J connectivity index is 2.62. The zero-order valence-corrected chi connectivity index (χ0v) is 12.3. The summed E-state index contributed by atoms with van der Waals surface area (Å²) in [7, 11) is 0. The summed E-state index contributed by atoms with van der Waals surface area (Å²) in [5.74, 6) is -1.86. The molecule has 3 amide bonds. The molecule has 0 fully saturated rings. The number of carbonyl (C=O) groups is 3. The highest BCUT2D eigenvalue weighted by Crippen LogP contribution is 2.10. The molecular formula is C15H21N3O3. The van der Waals surface area contributed by atoms with E-state index in [2.05, 4.69) is 19.2 Å². The molecule has 6 heteroatoms. The Hall–Kier alpha value is -2.37. The van der Waals surface area contributed by atoms with Crippen molar-refractivity contribution in [1.29, 1.82) is 0 Å². The van der Waals surface area contributed by atoms with Crippen LogP contribution in [0.15, 0.2) is 24.3 Å². The minimum absolute atomic E-state index is 0.0546. The van der Waals surface area contributed by atoms with Crippen LogP contribution >= 0.6 is 0 Å². The minimum atomic E-state index is -1.47. The van der Waals surface area contributed by atoms with Crippen LogP contribution in [0, 0.1) is 5.92 Å². The molecule has 0 aromatic heterocycles. The van der Waals surface area contributed by atoms with Gasteiger partial charge in [0, 0.05) is 0 Å². The molecule has 0 unspecified atom stereocenters. The molecule has 0 saturated heterocycles. The second-order valence-corrected chi connectivity index (χ2v) is 5.40. The fourth-order valence-electron chi connectivity index (χ4n) is 1.94. The van der Waals surface area contributed by atoms with E-state index < -0.39 is 23.8 Å². The van der Waals surface area contributed by atoms with Gasteiger partial charge in [-0.1, -0.05) is 38.1 Å². The molecule has 114 valence electrons. The van der Waals surface area contributed by atoms with Gasteiger partial charge in [0.1, 0.15) is 0 Å². The lowest BCUT2D eigenvalue weighted by Crippen LogP contribution is -2.52. The second kappa shape index (κ2) is 7.42. The third-order valence-electron chi connectivity index (χ3n) is 2.91. The van der Waals surface area contributed by atoms with Crippen LogP contribution in [-0.4, -0.2) is 23.8 Å². The van der Waals surface area contributed by atoms with E-state index in [-0.39, 0.29) is 6.42 Å². The molecule has 0 aliphatic rings. The van der Waals surface area contributed by atoms with Gasteiger partial charge in [-0.2, -0.15) is 0 Å². The van der Waals surface area contributed by atoms with Crippen LogP contribution in [0.5, 0.6) is 0 Å². The number of primary amides is 2. The molecule has 0 spiro atoms. The molecule has 6 nitrogen and oxygen atoms in total. The summed E-state index contributed by atoms with van der Waals surface area (Å²) < 4.78 is 0. The summed E-state index contributed by atoms with van der Waals surface area (Å²) in [6.45, 7) is 4.27. The maximum atomic E-state index is 11.8. The van der Waals surface area contributed by atoms with Gasteiger partial charge in [-0.3, -0.25) is 14.4 Å². The summed E-state index contributed by atoms with van der Waals surface area (Å²) in [6.07, 6.45) is 1.02. The quantitative estimate of drug-likeness (QED) is 0.608. The van der Waals surface area contributed by atoms with Crippen molar-refractivity contribution in [3.05, 3.63) is 35.4 Å². The van der Waals surface area contributed by atoms with Crippen LogP contribution in [0.3, 0.4) is 0 Å². The van der Waals surface area contributed by atoms with E-state index in [1.807, 2.05) is 24.3 Å². The number of benzene rings is 1. The van der Waals surface area contributed by atoms with E-state index >= 15 is 0 Å². The van der Waals surface area contributed by atoms with Crippen molar-refractivity contribution >= 4 is 17.7 Å². The maximum absolute atomic E-state index is 11.8. The number of nitrogens with two attached hydrogens (primary N) is 2. The summed E-state index contributed by atoms with van der Waals surface area (Å²) in [4.78, 5) is 33.7. The Labute approximate surface area is 123 Å². The highest BCUT2D eigenvalue weighted by Gasteiger charge is 2.23. The Bertz CT molecular complexity index is 509. The van der Waals surface area contributed by atoms with E-state index in [1.165, 1.54) is 5.56 Å². The van der Waals surface area contributed by atoms with Gasteiger partial charge in [0.25, 0.3) is 0 Å². The first-order valence-electron chi connectivity index (χ1n) is 6.75. The number of rotatable bonds is 7. The Kier molecular flexibility index (Phi) is 5.90. The predicted octanol–water partition coefficient (Wildman–Crippen LogP) is -0.117. The Morgan fingerprint density at radius 3 is 1.90 bits per heavy atom. The lowest BCUT2D eigenvalue weighted by atomic mass is 10.0. The van der Waals surface area contributed by atoms with Crippen molar-refractivity contribution in [1.82, 2.24) is 5.32 Å². The van der Waals surface area contributed by atoms with Gasteiger partial charge in [0.05, 0.1) is 6.42 Å². The zero-order chi connectivity index (χ0) is 16.0. The minimum Gasteiger partial charge on any atom is -0.367 e. The molecule has 21 heavy (non-hydrogen) atoms. The van der Waals surface area contributed by atoms with Gasteiger partial charge in [-0.25, -0.2) is 0 Å². The maximum Gasteiger partial charge on any atom is 0.249 e. The standard InChI is InChI=1S/C15H21N3O3/c1-9(2)7-10-3-5-11(6-4-10)8-12(19)18-13(14(16)20)15(17)21/h3-6,9,13H,7-8H2,1-2H3,(H2,16,20)(H2,17,21)(H,18,19). The molecule has 0 saturated carbocycles. The summed E-state index contributed by atoms with van der Waals surface area (Å²) in [6, 6.07) is 6.14. The summed E-state index contributed by atoms with van der Waals surface area (Å²) >= 11 is 0. The lowest BCUT2D eigenvalue weighted by molar-refractivity contribution is -0.133. The number of nitrogens with one attached hydrogen (secondary N) is 1. The van der Waals surface area contributed by atoms with E-state index in [0.717, 1.165) is 12.0 Å². The van der Waals surface area contributed by atoms with Gasteiger partial charge in [0.2, 0.25) is 17.7 Å². The monoisotopic (exact) mass is 291 g/mol. The van der Waals surface area contributed by atoms with E-state index in [9.17, 15) is 14.4 Å². The fourth-order valence-corrected chi connectivity index (χ4v) is 1.94. The highest BCUT2D eigenvalue weighted by molar-refractivity contribution is 6.05. The number of carbonyl (C=O) groups excluding carboxylic acids is 3. The van der Waals surface area contributed by atoms with Crippen molar-refractivity contribution < 1.29 is 14.4 Å². The second-order valence-electron chi connectivity index (χ2n) is 5.40. The van der Waals surface area contributed by atoms with E-state index in [1.54, 1.807) is 0 Å². The third-order valence-corrected chi connectivity index (χ3v) is 2.91. The van der Waals surface area contributed by atoms with Crippen molar-refractivity contribution in [3.63, 3.8) is 0 Å². The lowest BCUT2D eigenvalue weighted by Gasteiger charge is -2.12. The summed E-state index contributed by atoms with van der Waals surface area (Å²) in [5.41, 5.74) is 12.0. The topological polar surface area (TPSA) is 115 Å². The highest BCUT2D eigenvalue weighted by atomic mass is 16.2. The predicted molar refractivity (Wildman–Crippen MR) is 79.0 cm³/mol. The van der Waals surface area contributed by atoms with Crippen molar-refractivity contribution in [2.45, 2.75) is 32.7 Å². The van der Waals surface area contributed by atoms with Gasteiger partial charge in [0.15, 0.2) is 6.04 Å². The first kappa shape index (κ1) is 16.7. The van der Waals surface area contributed by atoms with Gasteiger partial charge < -0.3 is 16.8 Å². The molecule has 0 atom stereocenters. The molecule has 1 aromatic rings. The number of amides is 3. The van der Waals surface area contributed by atoms with Crippen LogP contribution in [0.1, 0.15) is 25.0 Å². The molecule has 1 aromatic carbocycles. The largest absolute Gasteiger partial charge is 0.367 e. The van der Waals surface area contributed by atoms with Crippen LogP contribution in [0.4, 0.5) is 0 Å². The summed E-state index contributed by atoms with van der Waals surface area (Å²) in [5, 5.41) is 2.22. The molecule has 0 heterocycles. The molecule has 0 bridgehead atoms. The SMILES string of the molecule is CC(C)Cc1ccc(CC(=O)NC(C(N)=O)C(N)=O)cc1. The number of hydrogen-bond donors (Lipinski definition) is 3. The normalized spacial score (nSPS) is 10.7. The molecule has 1 rings (SSSR count). The number of hydrogen-bond acceptors (Lipinski definition) is 3. The van der Waals surface area contributed by atoms with Crippen LogP contribution < -0.4 is 16.8 Å². The zero-order valence-electron chi connectivity index (χ0n) is 12.3. The van der Waals surface area contributed by atoms with Crippen molar-refractivity contribution in [3.8, 4) is 0 Å². The van der Waals surface area contributed by atoms with Crippen LogP contribution in [-0.2, 0) is 27.2 Å². The van der Waals surface area contributed by atoms with Crippen LogP contribution in [0.2, 0.25) is 0 Å². The molecule has 5 N–H and O–H groups in total. The molecule has 0 aliphatic heterocycles. The first-order valence-corrected chi connectivity index (χ1v) is 6.75. The van der Waals surface area contributed by atoms with Gasteiger partial charge in [-0.05, 0) is 23.5 Å².